The zero-order valence-electron chi connectivity index (χ0n) is 15.0. The number of pyridine rings is 1. The predicted octanol–water partition coefficient (Wildman–Crippen LogP) is 3.32. The minimum absolute atomic E-state index is 0.0421. The van der Waals surface area contributed by atoms with Crippen LogP contribution in [0, 0.1) is 5.92 Å². The van der Waals surface area contributed by atoms with Gasteiger partial charge in [0.25, 0.3) is 0 Å². The molecule has 3 rings (SSSR count). The summed E-state index contributed by atoms with van der Waals surface area (Å²) in [7, 11) is 1.66. The summed E-state index contributed by atoms with van der Waals surface area (Å²) in [4.78, 5) is 19.1. The van der Waals surface area contributed by atoms with Gasteiger partial charge in [-0.1, -0.05) is 29.8 Å². The number of hydrogen-bond donors (Lipinski definition) is 1. The second-order valence-electron chi connectivity index (χ2n) is 6.45. The van der Waals surface area contributed by atoms with Crippen molar-refractivity contribution >= 4 is 23.3 Å². The molecule has 0 aliphatic carbocycles. The average Bonchev–Trinajstić information content (AvgIpc) is 2.68. The number of nitrogens with zero attached hydrogens (tertiary/aromatic N) is 2. The molecule has 1 aliphatic heterocycles. The highest BCUT2D eigenvalue weighted by atomic mass is 35.5. The van der Waals surface area contributed by atoms with E-state index < -0.39 is 0 Å². The van der Waals surface area contributed by atoms with Crippen LogP contribution in [0.25, 0.3) is 0 Å². The summed E-state index contributed by atoms with van der Waals surface area (Å²) >= 11 is 6.25. The first-order valence-corrected chi connectivity index (χ1v) is 9.32. The van der Waals surface area contributed by atoms with Crippen molar-refractivity contribution in [1.82, 2.24) is 10.3 Å². The van der Waals surface area contributed by atoms with Gasteiger partial charge in [-0.25, -0.2) is 4.98 Å². The van der Waals surface area contributed by atoms with Gasteiger partial charge in [0.05, 0.1) is 18.1 Å². The van der Waals surface area contributed by atoms with E-state index in [0.29, 0.717) is 18.1 Å². The summed E-state index contributed by atoms with van der Waals surface area (Å²) in [6, 6.07) is 11.5. The lowest BCUT2D eigenvalue weighted by atomic mass is 9.97. The van der Waals surface area contributed by atoms with Gasteiger partial charge in [0.15, 0.2) is 0 Å². The highest BCUT2D eigenvalue weighted by Crippen LogP contribution is 2.27. The van der Waals surface area contributed by atoms with E-state index in [9.17, 15) is 4.79 Å². The van der Waals surface area contributed by atoms with Gasteiger partial charge in [-0.15, -0.1) is 0 Å². The number of para-hydroxylation sites is 1. The normalized spacial score (nSPS) is 17.0. The number of anilines is 1. The molecular formula is C20H24ClN3O2. The van der Waals surface area contributed by atoms with Crippen LogP contribution in [0.2, 0.25) is 5.02 Å². The SMILES string of the molecule is COc1ccccc1CCNC(=O)[C@H]1CCCN(c2ncccc2Cl)C1. The van der Waals surface area contributed by atoms with Crippen molar-refractivity contribution in [2.75, 3.05) is 31.6 Å². The molecule has 2 heterocycles. The third-order valence-corrected chi connectivity index (χ3v) is 5.01. The predicted molar refractivity (Wildman–Crippen MR) is 104 cm³/mol. The number of carbonyl (C=O) groups is 1. The molecule has 1 saturated heterocycles. The zero-order valence-corrected chi connectivity index (χ0v) is 15.7. The summed E-state index contributed by atoms with van der Waals surface area (Å²) in [6.07, 6.45) is 4.33. The summed E-state index contributed by atoms with van der Waals surface area (Å²) < 4.78 is 5.35. The maximum atomic E-state index is 12.6. The Bertz CT molecular complexity index is 753. The number of piperidine rings is 1. The third kappa shape index (κ3) is 4.47. The van der Waals surface area contributed by atoms with Crippen LogP contribution in [0.5, 0.6) is 5.75 Å². The van der Waals surface area contributed by atoms with Crippen molar-refractivity contribution < 1.29 is 9.53 Å². The largest absolute Gasteiger partial charge is 0.496 e. The van der Waals surface area contributed by atoms with Crippen LogP contribution in [-0.4, -0.2) is 37.6 Å². The van der Waals surface area contributed by atoms with Crippen molar-refractivity contribution in [3.63, 3.8) is 0 Å². The van der Waals surface area contributed by atoms with E-state index in [4.69, 9.17) is 16.3 Å². The molecule has 0 saturated carbocycles. The minimum atomic E-state index is -0.0421. The number of rotatable bonds is 6. The van der Waals surface area contributed by atoms with Crippen molar-refractivity contribution in [3.05, 3.63) is 53.2 Å². The first kappa shape index (κ1) is 18.5. The Balaban J connectivity index is 1.54. The Kier molecular flexibility index (Phi) is 6.34. The number of halogens is 1. The van der Waals surface area contributed by atoms with E-state index in [0.717, 1.165) is 42.9 Å². The fraction of sp³-hybridized carbons (Fsp3) is 0.400. The van der Waals surface area contributed by atoms with Crippen LogP contribution in [0.3, 0.4) is 0 Å². The summed E-state index contributed by atoms with van der Waals surface area (Å²) in [5.74, 6) is 1.67. The fourth-order valence-electron chi connectivity index (χ4n) is 3.37. The topological polar surface area (TPSA) is 54.5 Å². The van der Waals surface area contributed by atoms with E-state index in [-0.39, 0.29) is 11.8 Å². The Labute approximate surface area is 159 Å². The molecule has 1 aromatic heterocycles. The second-order valence-corrected chi connectivity index (χ2v) is 6.85. The molecule has 0 bridgehead atoms. The number of hydrogen-bond acceptors (Lipinski definition) is 4. The molecule has 1 atom stereocenters. The Morgan fingerprint density at radius 2 is 2.19 bits per heavy atom. The third-order valence-electron chi connectivity index (χ3n) is 4.72. The van der Waals surface area contributed by atoms with Gasteiger partial charge in [-0.05, 0) is 43.0 Å². The van der Waals surface area contributed by atoms with Gasteiger partial charge in [0.1, 0.15) is 11.6 Å². The highest BCUT2D eigenvalue weighted by Gasteiger charge is 2.27. The Morgan fingerprint density at radius 3 is 3.00 bits per heavy atom. The molecule has 1 fully saturated rings. The van der Waals surface area contributed by atoms with Crippen molar-refractivity contribution in [3.8, 4) is 5.75 Å². The van der Waals surface area contributed by atoms with Gasteiger partial charge >= 0.3 is 0 Å². The monoisotopic (exact) mass is 373 g/mol. The molecule has 6 heteroatoms. The van der Waals surface area contributed by atoms with Crippen molar-refractivity contribution in [2.45, 2.75) is 19.3 Å². The molecule has 138 valence electrons. The molecule has 2 aromatic rings. The van der Waals surface area contributed by atoms with E-state index >= 15 is 0 Å². The molecule has 0 radical (unpaired) electrons. The molecule has 0 spiro atoms. The standard InChI is InChI=1S/C20H24ClN3O2/c1-26-18-9-3-2-6-15(18)10-12-23-20(25)16-7-5-13-24(14-16)19-17(21)8-4-11-22-19/h2-4,6,8-9,11,16H,5,7,10,12-14H2,1H3,(H,23,25)/t16-/m0/s1. The Morgan fingerprint density at radius 1 is 1.35 bits per heavy atom. The van der Waals surface area contributed by atoms with Gasteiger partial charge in [0, 0.05) is 25.8 Å². The molecule has 5 nitrogen and oxygen atoms in total. The number of nitrogens with one attached hydrogen (secondary N) is 1. The first-order chi connectivity index (χ1) is 12.7. The lowest BCUT2D eigenvalue weighted by Crippen LogP contribution is -2.43. The smallest absolute Gasteiger partial charge is 0.224 e. The molecule has 1 aromatic carbocycles. The maximum Gasteiger partial charge on any atom is 0.224 e. The van der Waals surface area contributed by atoms with E-state index in [1.807, 2.05) is 36.4 Å². The van der Waals surface area contributed by atoms with E-state index in [1.165, 1.54) is 0 Å². The van der Waals surface area contributed by atoms with Crippen LogP contribution in [-0.2, 0) is 11.2 Å². The van der Waals surface area contributed by atoms with E-state index in [1.54, 1.807) is 13.3 Å². The number of methoxy groups -OCH3 is 1. The number of amides is 1. The van der Waals surface area contributed by atoms with Crippen LogP contribution >= 0.6 is 11.6 Å². The first-order valence-electron chi connectivity index (χ1n) is 8.94. The fourth-order valence-corrected chi connectivity index (χ4v) is 3.61. The van der Waals surface area contributed by atoms with E-state index in [2.05, 4.69) is 15.2 Å². The summed E-state index contributed by atoms with van der Waals surface area (Å²) in [5.41, 5.74) is 1.10. The zero-order chi connectivity index (χ0) is 18.4. The summed E-state index contributed by atoms with van der Waals surface area (Å²) in [5, 5.41) is 3.69. The number of aromatic nitrogens is 1. The summed E-state index contributed by atoms with van der Waals surface area (Å²) in [6.45, 7) is 2.12. The maximum absolute atomic E-state index is 12.6. The number of ether oxygens (including phenoxy) is 1. The minimum Gasteiger partial charge on any atom is -0.496 e. The highest BCUT2D eigenvalue weighted by molar-refractivity contribution is 6.32. The van der Waals surface area contributed by atoms with Gasteiger partial charge < -0.3 is 15.0 Å². The molecule has 1 amide bonds. The molecular weight excluding hydrogens is 350 g/mol. The number of carbonyl (C=O) groups excluding carboxylic acids is 1. The van der Waals surface area contributed by atoms with Crippen LogP contribution in [0.4, 0.5) is 5.82 Å². The number of benzene rings is 1. The van der Waals surface area contributed by atoms with Crippen LogP contribution < -0.4 is 15.0 Å². The van der Waals surface area contributed by atoms with Gasteiger partial charge in [-0.2, -0.15) is 0 Å². The quantitative estimate of drug-likeness (QED) is 0.844. The molecule has 0 unspecified atom stereocenters. The molecule has 1 N–H and O–H groups in total. The molecule has 1 aliphatic rings. The molecule has 26 heavy (non-hydrogen) atoms. The van der Waals surface area contributed by atoms with Gasteiger partial charge in [-0.3, -0.25) is 4.79 Å². The lowest BCUT2D eigenvalue weighted by molar-refractivity contribution is -0.125. The van der Waals surface area contributed by atoms with Gasteiger partial charge in [0.2, 0.25) is 5.91 Å². The van der Waals surface area contributed by atoms with Crippen LogP contribution in [0.1, 0.15) is 18.4 Å². The van der Waals surface area contributed by atoms with Crippen molar-refractivity contribution in [2.24, 2.45) is 5.92 Å². The van der Waals surface area contributed by atoms with Crippen LogP contribution in [0.15, 0.2) is 42.6 Å². The Hall–Kier alpha value is -2.27. The lowest BCUT2D eigenvalue weighted by Gasteiger charge is -2.33. The average molecular weight is 374 g/mol. The van der Waals surface area contributed by atoms with Crippen molar-refractivity contribution in [1.29, 1.82) is 0 Å². The second kappa shape index (κ2) is 8.90.